The Bertz CT molecular complexity index is 772. The van der Waals surface area contributed by atoms with Crippen molar-refractivity contribution < 1.29 is 9.59 Å². The van der Waals surface area contributed by atoms with Crippen LogP contribution >= 0.6 is 11.6 Å². The van der Waals surface area contributed by atoms with Crippen LogP contribution in [0.2, 0.25) is 5.02 Å². The Hall–Kier alpha value is -2.40. The van der Waals surface area contributed by atoms with Crippen LogP contribution in [0.5, 0.6) is 0 Å². The second kappa shape index (κ2) is 6.38. The number of hydrogen-bond donors (Lipinski definition) is 2. The summed E-state index contributed by atoms with van der Waals surface area (Å²) < 4.78 is 0. The molecule has 6 heteroatoms. The summed E-state index contributed by atoms with van der Waals surface area (Å²) in [6.45, 7) is 1.86. The van der Waals surface area contributed by atoms with Gasteiger partial charge in [-0.3, -0.25) is 9.59 Å². The van der Waals surface area contributed by atoms with Crippen LogP contribution in [0.25, 0.3) is 0 Å². The largest absolute Gasteiger partial charge is 0.348 e. The molecule has 1 aromatic carbocycles. The van der Waals surface area contributed by atoms with Crippen molar-refractivity contribution >= 4 is 29.1 Å². The molecule has 2 aromatic rings. The summed E-state index contributed by atoms with van der Waals surface area (Å²) in [5.41, 5.74) is 1.96. The minimum atomic E-state index is -0.364. The number of nitrogens with zero attached hydrogens (tertiary/aromatic N) is 1. The average molecular weight is 330 g/mol. The van der Waals surface area contributed by atoms with Crippen LogP contribution in [0.15, 0.2) is 36.4 Å². The lowest BCUT2D eigenvalue weighted by Gasteiger charge is -2.09. The summed E-state index contributed by atoms with van der Waals surface area (Å²) in [6.07, 6.45) is 2.00. The molecule has 0 saturated heterocycles. The van der Waals surface area contributed by atoms with Crippen LogP contribution in [-0.4, -0.2) is 22.8 Å². The molecule has 1 aliphatic rings. The summed E-state index contributed by atoms with van der Waals surface area (Å²) in [4.78, 5) is 28.5. The molecule has 5 nitrogen and oxygen atoms in total. The number of benzene rings is 1. The van der Waals surface area contributed by atoms with Crippen molar-refractivity contribution in [1.82, 2.24) is 10.3 Å². The number of amides is 2. The zero-order valence-corrected chi connectivity index (χ0v) is 13.4. The van der Waals surface area contributed by atoms with Crippen molar-refractivity contribution in [3.63, 3.8) is 0 Å². The summed E-state index contributed by atoms with van der Waals surface area (Å²) in [7, 11) is 0. The number of rotatable bonds is 4. The van der Waals surface area contributed by atoms with Crippen molar-refractivity contribution in [3.05, 3.63) is 58.4 Å². The number of carbonyl (C=O) groups is 2. The van der Waals surface area contributed by atoms with E-state index in [0.717, 1.165) is 18.4 Å². The van der Waals surface area contributed by atoms with Gasteiger partial charge in [0, 0.05) is 16.8 Å². The predicted molar refractivity (Wildman–Crippen MR) is 88.9 cm³/mol. The molecule has 118 valence electrons. The Kier molecular flexibility index (Phi) is 4.30. The number of nitrogens with one attached hydrogen (secondary N) is 2. The highest BCUT2D eigenvalue weighted by molar-refractivity contribution is 6.30. The van der Waals surface area contributed by atoms with Gasteiger partial charge in [0.05, 0.1) is 0 Å². The van der Waals surface area contributed by atoms with E-state index in [9.17, 15) is 9.59 Å². The van der Waals surface area contributed by atoms with E-state index in [2.05, 4.69) is 15.6 Å². The van der Waals surface area contributed by atoms with Crippen LogP contribution in [-0.2, 0) is 0 Å². The van der Waals surface area contributed by atoms with Gasteiger partial charge in [-0.15, -0.1) is 0 Å². The van der Waals surface area contributed by atoms with Crippen molar-refractivity contribution in [2.75, 3.05) is 5.32 Å². The second-order valence-electron chi connectivity index (χ2n) is 5.57. The first-order valence-corrected chi connectivity index (χ1v) is 7.76. The molecule has 1 saturated carbocycles. The van der Waals surface area contributed by atoms with Gasteiger partial charge in [-0.25, -0.2) is 4.98 Å². The quantitative estimate of drug-likeness (QED) is 0.905. The van der Waals surface area contributed by atoms with Gasteiger partial charge in [0.15, 0.2) is 0 Å². The predicted octanol–water partition coefficient (Wildman–Crippen LogP) is 3.19. The van der Waals surface area contributed by atoms with E-state index < -0.39 is 0 Å². The highest BCUT2D eigenvalue weighted by Crippen LogP contribution is 2.21. The molecule has 0 spiro atoms. The van der Waals surface area contributed by atoms with Crippen molar-refractivity contribution in [2.24, 2.45) is 0 Å². The first-order chi connectivity index (χ1) is 11.0. The van der Waals surface area contributed by atoms with Crippen LogP contribution in [0.3, 0.4) is 0 Å². The van der Waals surface area contributed by atoms with Gasteiger partial charge in [0.25, 0.3) is 11.8 Å². The highest BCUT2D eigenvalue weighted by Gasteiger charge is 2.24. The fourth-order valence-electron chi connectivity index (χ4n) is 2.13. The average Bonchev–Trinajstić information content (AvgIpc) is 3.34. The first kappa shape index (κ1) is 15.5. The normalized spacial score (nSPS) is 13.5. The number of aromatic nitrogens is 1. The third kappa shape index (κ3) is 3.87. The third-order valence-electron chi connectivity index (χ3n) is 3.56. The zero-order chi connectivity index (χ0) is 16.4. The molecule has 1 heterocycles. The molecule has 1 aromatic heterocycles. The van der Waals surface area contributed by atoms with Gasteiger partial charge in [-0.1, -0.05) is 17.7 Å². The van der Waals surface area contributed by atoms with E-state index in [1.807, 2.05) is 6.92 Å². The van der Waals surface area contributed by atoms with Crippen LogP contribution in [0, 0.1) is 6.92 Å². The Morgan fingerprint density at radius 3 is 2.48 bits per heavy atom. The number of anilines is 1. The molecule has 1 aliphatic carbocycles. The number of halogens is 1. The molecule has 2 amide bonds. The molecule has 0 aliphatic heterocycles. The molecule has 0 atom stereocenters. The lowest BCUT2D eigenvalue weighted by Crippen LogP contribution is -2.27. The smallest absolute Gasteiger partial charge is 0.274 e. The fraction of sp³-hybridized carbons (Fsp3) is 0.235. The lowest BCUT2D eigenvalue weighted by atomic mass is 10.2. The summed E-state index contributed by atoms with van der Waals surface area (Å²) in [6, 6.07) is 10.3. The van der Waals surface area contributed by atoms with Crippen molar-refractivity contribution in [3.8, 4) is 0 Å². The van der Waals surface area contributed by atoms with Crippen LogP contribution in [0.4, 0.5) is 5.69 Å². The summed E-state index contributed by atoms with van der Waals surface area (Å²) in [5.74, 6) is -0.610. The molecule has 3 rings (SSSR count). The fourth-order valence-corrected chi connectivity index (χ4v) is 2.35. The van der Waals surface area contributed by atoms with E-state index >= 15 is 0 Å². The minimum Gasteiger partial charge on any atom is -0.348 e. The third-order valence-corrected chi connectivity index (χ3v) is 3.80. The molecule has 23 heavy (non-hydrogen) atoms. The SMILES string of the molecule is Cc1cc(Cl)ccc1NC(=O)c1cccc(C(=O)NC2CC2)n1. The molecular formula is C17H16ClN3O2. The highest BCUT2D eigenvalue weighted by atomic mass is 35.5. The van der Waals surface area contributed by atoms with E-state index in [4.69, 9.17) is 11.6 Å². The van der Waals surface area contributed by atoms with Gasteiger partial charge in [0.2, 0.25) is 0 Å². The van der Waals surface area contributed by atoms with Gasteiger partial charge in [-0.2, -0.15) is 0 Å². The number of carbonyl (C=O) groups excluding carboxylic acids is 2. The molecule has 0 radical (unpaired) electrons. The van der Waals surface area contributed by atoms with Gasteiger partial charge in [0.1, 0.15) is 11.4 Å². The number of pyridine rings is 1. The molecular weight excluding hydrogens is 314 g/mol. The van der Waals surface area contributed by atoms with E-state index in [1.165, 1.54) is 0 Å². The van der Waals surface area contributed by atoms with Crippen LogP contribution < -0.4 is 10.6 Å². The molecule has 2 N–H and O–H groups in total. The number of aryl methyl sites for hydroxylation is 1. The standard InChI is InChI=1S/C17H16ClN3O2/c1-10-9-11(18)5-8-13(10)21-17(23)15-4-2-3-14(20-15)16(22)19-12-6-7-12/h2-5,8-9,12H,6-7H2,1H3,(H,19,22)(H,21,23). The van der Waals surface area contributed by atoms with E-state index in [-0.39, 0.29) is 29.2 Å². The van der Waals surface area contributed by atoms with Gasteiger partial charge < -0.3 is 10.6 Å². The maximum atomic E-state index is 12.3. The molecule has 1 fully saturated rings. The van der Waals surface area contributed by atoms with E-state index in [1.54, 1.807) is 36.4 Å². The van der Waals surface area contributed by atoms with Crippen molar-refractivity contribution in [2.45, 2.75) is 25.8 Å². The summed E-state index contributed by atoms with van der Waals surface area (Å²) >= 11 is 5.90. The maximum absolute atomic E-state index is 12.3. The van der Waals surface area contributed by atoms with E-state index in [0.29, 0.717) is 10.7 Å². The Morgan fingerprint density at radius 2 is 1.83 bits per heavy atom. The Morgan fingerprint density at radius 1 is 1.13 bits per heavy atom. The summed E-state index contributed by atoms with van der Waals surface area (Å²) in [5, 5.41) is 6.24. The number of hydrogen-bond acceptors (Lipinski definition) is 3. The van der Waals surface area contributed by atoms with Gasteiger partial charge >= 0.3 is 0 Å². The Balaban J connectivity index is 1.75. The topological polar surface area (TPSA) is 71.1 Å². The lowest BCUT2D eigenvalue weighted by molar-refractivity contribution is 0.0946. The molecule has 0 bridgehead atoms. The second-order valence-corrected chi connectivity index (χ2v) is 6.01. The first-order valence-electron chi connectivity index (χ1n) is 7.38. The minimum absolute atomic E-state index is 0.197. The maximum Gasteiger partial charge on any atom is 0.274 e. The van der Waals surface area contributed by atoms with Crippen molar-refractivity contribution in [1.29, 1.82) is 0 Å². The Labute approximate surface area is 139 Å². The monoisotopic (exact) mass is 329 g/mol. The molecule has 0 unspecified atom stereocenters. The zero-order valence-electron chi connectivity index (χ0n) is 12.6. The van der Waals surface area contributed by atoms with Crippen LogP contribution in [0.1, 0.15) is 39.4 Å². The van der Waals surface area contributed by atoms with Gasteiger partial charge in [-0.05, 0) is 55.7 Å².